The molecule has 0 saturated carbocycles. The highest BCUT2D eigenvalue weighted by molar-refractivity contribution is 7.88. The van der Waals surface area contributed by atoms with Gasteiger partial charge in [-0.1, -0.05) is 12.1 Å². The zero-order valence-corrected chi connectivity index (χ0v) is 13.2. The number of methoxy groups -OCH3 is 1. The molecule has 120 valence electrons. The molecule has 0 unspecified atom stereocenters. The molecule has 3 N–H and O–H groups in total. The predicted octanol–water partition coefficient (Wildman–Crippen LogP) is 1.13. The summed E-state index contributed by atoms with van der Waals surface area (Å²) in [6.45, 7) is 2.18. The van der Waals surface area contributed by atoms with Crippen LogP contribution in [0.25, 0.3) is 0 Å². The fourth-order valence-corrected chi connectivity index (χ4v) is 2.87. The van der Waals surface area contributed by atoms with Gasteiger partial charge in [0.1, 0.15) is 0 Å². The van der Waals surface area contributed by atoms with E-state index >= 15 is 0 Å². The van der Waals surface area contributed by atoms with Crippen molar-refractivity contribution >= 4 is 15.7 Å². The molecule has 1 rings (SSSR count). The van der Waals surface area contributed by atoms with Gasteiger partial charge in [0, 0.05) is 25.9 Å². The van der Waals surface area contributed by atoms with Crippen molar-refractivity contribution in [2.45, 2.75) is 18.6 Å². The standard InChI is InChI=1S/C14H24N2O4S/c1-19-10-11-20-9-3-2-8-16-21(17,18)12-13-4-6-14(15)7-5-13/h4-7,16H,2-3,8-12,15H2,1H3. The lowest BCUT2D eigenvalue weighted by Gasteiger charge is -2.07. The molecule has 0 atom stereocenters. The monoisotopic (exact) mass is 316 g/mol. The largest absolute Gasteiger partial charge is 0.399 e. The Labute approximate surface area is 126 Å². The molecule has 7 heteroatoms. The van der Waals surface area contributed by atoms with Gasteiger partial charge in [0.2, 0.25) is 10.0 Å². The van der Waals surface area contributed by atoms with E-state index in [-0.39, 0.29) is 5.75 Å². The SMILES string of the molecule is COCCOCCCCNS(=O)(=O)Cc1ccc(N)cc1. The minimum absolute atomic E-state index is 0.0301. The van der Waals surface area contributed by atoms with Crippen molar-refractivity contribution in [3.63, 3.8) is 0 Å². The topological polar surface area (TPSA) is 90.6 Å². The molecule has 0 heterocycles. The van der Waals surface area contributed by atoms with Gasteiger partial charge in [-0.2, -0.15) is 0 Å². The van der Waals surface area contributed by atoms with Crippen molar-refractivity contribution in [2.75, 3.05) is 39.2 Å². The van der Waals surface area contributed by atoms with Crippen molar-refractivity contribution < 1.29 is 17.9 Å². The maximum absolute atomic E-state index is 11.9. The molecule has 0 fully saturated rings. The van der Waals surface area contributed by atoms with Crippen LogP contribution < -0.4 is 10.5 Å². The van der Waals surface area contributed by atoms with E-state index in [9.17, 15) is 8.42 Å². The number of nitrogens with two attached hydrogens (primary N) is 1. The Hall–Kier alpha value is -1.15. The van der Waals surface area contributed by atoms with E-state index in [1.807, 2.05) is 0 Å². The quantitative estimate of drug-likeness (QED) is 0.472. The van der Waals surface area contributed by atoms with Crippen molar-refractivity contribution in [3.8, 4) is 0 Å². The summed E-state index contributed by atoms with van der Waals surface area (Å²) in [7, 11) is -1.68. The maximum atomic E-state index is 11.9. The van der Waals surface area contributed by atoms with Crippen LogP contribution in [0.1, 0.15) is 18.4 Å². The van der Waals surface area contributed by atoms with E-state index < -0.39 is 10.0 Å². The number of anilines is 1. The lowest BCUT2D eigenvalue weighted by Crippen LogP contribution is -2.26. The summed E-state index contributed by atoms with van der Waals surface area (Å²) in [5, 5.41) is 0. The van der Waals surface area contributed by atoms with Crippen LogP contribution in [-0.4, -0.2) is 41.9 Å². The fourth-order valence-electron chi connectivity index (χ4n) is 1.69. The fraction of sp³-hybridized carbons (Fsp3) is 0.571. The smallest absolute Gasteiger partial charge is 0.215 e. The van der Waals surface area contributed by atoms with E-state index in [1.165, 1.54) is 0 Å². The molecular formula is C14H24N2O4S. The van der Waals surface area contributed by atoms with Crippen LogP contribution in [0.15, 0.2) is 24.3 Å². The molecule has 0 spiro atoms. The summed E-state index contributed by atoms with van der Waals surface area (Å²) < 4.78 is 36.5. The van der Waals surface area contributed by atoms with Gasteiger partial charge in [0.25, 0.3) is 0 Å². The molecule has 0 amide bonds. The Morgan fingerprint density at radius 2 is 1.81 bits per heavy atom. The van der Waals surface area contributed by atoms with Gasteiger partial charge in [0.05, 0.1) is 19.0 Å². The Morgan fingerprint density at radius 3 is 2.48 bits per heavy atom. The lowest BCUT2D eigenvalue weighted by atomic mass is 10.2. The minimum atomic E-state index is -3.30. The van der Waals surface area contributed by atoms with E-state index in [2.05, 4.69) is 4.72 Å². The third kappa shape index (κ3) is 8.67. The van der Waals surface area contributed by atoms with E-state index in [0.29, 0.717) is 32.1 Å². The van der Waals surface area contributed by atoms with Gasteiger partial charge in [-0.05, 0) is 30.5 Å². The van der Waals surface area contributed by atoms with E-state index in [1.54, 1.807) is 31.4 Å². The van der Waals surface area contributed by atoms with Crippen LogP contribution in [-0.2, 0) is 25.2 Å². The third-order valence-electron chi connectivity index (χ3n) is 2.81. The second kappa shape index (κ2) is 9.73. The van der Waals surface area contributed by atoms with Crippen LogP contribution >= 0.6 is 0 Å². The first-order chi connectivity index (χ1) is 10.0. The summed E-state index contributed by atoms with van der Waals surface area (Å²) in [5.74, 6) is -0.0301. The van der Waals surface area contributed by atoms with E-state index in [0.717, 1.165) is 18.4 Å². The van der Waals surface area contributed by atoms with Crippen LogP contribution in [0.4, 0.5) is 5.69 Å². The highest BCUT2D eigenvalue weighted by Gasteiger charge is 2.10. The first kappa shape index (κ1) is 17.9. The summed E-state index contributed by atoms with van der Waals surface area (Å²) in [6.07, 6.45) is 1.56. The number of nitrogen functional groups attached to an aromatic ring is 1. The van der Waals surface area contributed by atoms with Crippen LogP contribution in [0.2, 0.25) is 0 Å². The van der Waals surface area contributed by atoms with Gasteiger partial charge in [-0.25, -0.2) is 13.1 Å². The summed E-state index contributed by atoms with van der Waals surface area (Å²) in [4.78, 5) is 0. The molecule has 0 aromatic heterocycles. The molecule has 0 aliphatic heterocycles. The molecule has 1 aromatic carbocycles. The van der Waals surface area contributed by atoms with Gasteiger partial charge in [0.15, 0.2) is 0 Å². The lowest BCUT2D eigenvalue weighted by molar-refractivity contribution is 0.0689. The second-order valence-corrected chi connectivity index (χ2v) is 6.51. The molecule has 21 heavy (non-hydrogen) atoms. The normalized spacial score (nSPS) is 11.7. The number of nitrogens with one attached hydrogen (secondary N) is 1. The number of rotatable bonds is 11. The Kier molecular flexibility index (Phi) is 8.29. The predicted molar refractivity (Wildman–Crippen MR) is 83.4 cm³/mol. The first-order valence-corrected chi connectivity index (χ1v) is 8.57. The Balaban J connectivity index is 2.17. The zero-order chi connectivity index (χ0) is 15.6. The van der Waals surface area contributed by atoms with Crippen LogP contribution in [0.3, 0.4) is 0 Å². The molecule has 6 nitrogen and oxygen atoms in total. The summed E-state index contributed by atoms with van der Waals surface area (Å²) >= 11 is 0. The highest BCUT2D eigenvalue weighted by atomic mass is 32.2. The van der Waals surface area contributed by atoms with Crippen molar-refractivity contribution in [2.24, 2.45) is 0 Å². The minimum Gasteiger partial charge on any atom is -0.399 e. The summed E-state index contributed by atoms with van der Waals surface area (Å²) in [6, 6.07) is 6.83. The molecule has 0 radical (unpaired) electrons. The average molecular weight is 316 g/mol. The van der Waals surface area contributed by atoms with Crippen molar-refractivity contribution in [1.29, 1.82) is 0 Å². The van der Waals surface area contributed by atoms with Crippen LogP contribution in [0, 0.1) is 0 Å². The molecule has 0 saturated heterocycles. The number of hydrogen-bond donors (Lipinski definition) is 2. The maximum Gasteiger partial charge on any atom is 0.215 e. The number of ether oxygens (including phenoxy) is 2. The average Bonchev–Trinajstić information content (AvgIpc) is 2.44. The summed E-state index contributed by atoms with van der Waals surface area (Å²) in [5.41, 5.74) is 6.91. The number of sulfonamides is 1. The third-order valence-corrected chi connectivity index (χ3v) is 4.16. The van der Waals surface area contributed by atoms with E-state index in [4.69, 9.17) is 15.2 Å². The molecule has 0 aliphatic carbocycles. The highest BCUT2D eigenvalue weighted by Crippen LogP contribution is 2.08. The van der Waals surface area contributed by atoms with Gasteiger partial charge < -0.3 is 15.2 Å². The van der Waals surface area contributed by atoms with Crippen molar-refractivity contribution in [3.05, 3.63) is 29.8 Å². The number of benzene rings is 1. The molecule has 0 bridgehead atoms. The second-order valence-electron chi connectivity index (χ2n) is 4.71. The van der Waals surface area contributed by atoms with Crippen LogP contribution in [0.5, 0.6) is 0 Å². The number of hydrogen-bond acceptors (Lipinski definition) is 5. The molecule has 0 aliphatic rings. The van der Waals surface area contributed by atoms with Crippen molar-refractivity contribution in [1.82, 2.24) is 4.72 Å². The van der Waals surface area contributed by atoms with Gasteiger partial charge >= 0.3 is 0 Å². The Bertz CT molecular complexity index is 488. The molecule has 1 aromatic rings. The zero-order valence-electron chi connectivity index (χ0n) is 12.4. The first-order valence-electron chi connectivity index (χ1n) is 6.92. The molecular weight excluding hydrogens is 292 g/mol. The van der Waals surface area contributed by atoms with Gasteiger partial charge in [-0.15, -0.1) is 0 Å². The van der Waals surface area contributed by atoms with Gasteiger partial charge in [-0.3, -0.25) is 0 Å². The Morgan fingerprint density at radius 1 is 1.10 bits per heavy atom. The number of unbranched alkanes of at least 4 members (excludes halogenated alkanes) is 1.